The maximum Gasteiger partial charge on any atom is 0.0379 e. The molecule has 2 nitrogen and oxygen atoms in total. The van der Waals surface area contributed by atoms with Gasteiger partial charge in [-0.15, -0.1) is 0 Å². The molecule has 0 aromatic rings. The maximum atomic E-state index is 9.84. The maximum absolute atomic E-state index is 9.84. The number of hydroxylamine groups is 2. The number of nitrogens with zero attached hydrogens (tertiary/aromatic N) is 1. The standard InChI is InChI=1S/C10H21NO/c1-10(2,3)11(12)9-7-5-4-6-8-9/h9,12H,4-8H2,1-3H3. The minimum Gasteiger partial charge on any atom is -0.313 e. The van der Waals surface area contributed by atoms with Crippen LogP contribution in [0.4, 0.5) is 0 Å². The van der Waals surface area contributed by atoms with Gasteiger partial charge in [0.1, 0.15) is 0 Å². The van der Waals surface area contributed by atoms with E-state index in [-0.39, 0.29) is 5.54 Å². The Bertz CT molecular complexity index is 133. The quantitative estimate of drug-likeness (QED) is 0.613. The summed E-state index contributed by atoms with van der Waals surface area (Å²) in [6, 6.07) is 0.402. The Morgan fingerprint density at radius 1 is 1.08 bits per heavy atom. The van der Waals surface area contributed by atoms with Gasteiger partial charge in [-0.25, -0.2) is 0 Å². The zero-order valence-electron chi connectivity index (χ0n) is 8.51. The van der Waals surface area contributed by atoms with E-state index in [1.165, 1.54) is 19.3 Å². The summed E-state index contributed by atoms with van der Waals surface area (Å²) in [4.78, 5) is 0. The van der Waals surface area contributed by atoms with Gasteiger partial charge in [-0.05, 0) is 33.6 Å². The molecule has 0 aromatic carbocycles. The van der Waals surface area contributed by atoms with Crippen LogP contribution in [-0.2, 0) is 0 Å². The van der Waals surface area contributed by atoms with Crippen LogP contribution >= 0.6 is 0 Å². The lowest BCUT2D eigenvalue weighted by Gasteiger charge is -2.38. The zero-order chi connectivity index (χ0) is 9.19. The van der Waals surface area contributed by atoms with E-state index in [2.05, 4.69) is 20.8 Å². The zero-order valence-corrected chi connectivity index (χ0v) is 8.51. The molecule has 12 heavy (non-hydrogen) atoms. The van der Waals surface area contributed by atoms with E-state index < -0.39 is 0 Å². The molecule has 0 unspecified atom stereocenters. The summed E-state index contributed by atoms with van der Waals surface area (Å²) in [5.74, 6) is 0. The second-order valence-corrected chi connectivity index (χ2v) is 4.81. The van der Waals surface area contributed by atoms with Crippen molar-refractivity contribution in [2.24, 2.45) is 0 Å². The van der Waals surface area contributed by atoms with Gasteiger partial charge in [-0.3, -0.25) is 0 Å². The van der Waals surface area contributed by atoms with Gasteiger partial charge in [0.25, 0.3) is 0 Å². The monoisotopic (exact) mass is 171 g/mol. The van der Waals surface area contributed by atoms with E-state index in [0.29, 0.717) is 6.04 Å². The van der Waals surface area contributed by atoms with Crippen LogP contribution in [0.25, 0.3) is 0 Å². The van der Waals surface area contributed by atoms with Gasteiger partial charge in [0.15, 0.2) is 0 Å². The third-order valence-corrected chi connectivity index (χ3v) is 2.61. The highest BCUT2D eigenvalue weighted by Crippen LogP contribution is 2.26. The van der Waals surface area contributed by atoms with Crippen molar-refractivity contribution in [1.82, 2.24) is 5.06 Å². The first kappa shape index (κ1) is 10.0. The number of rotatable bonds is 1. The first-order chi connectivity index (χ1) is 5.52. The molecule has 1 rings (SSSR count). The van der Waals surface area contributed by atoms with Gasteiger partial charge in [0.2, 0.25) is 0 Å². The average Bonchev–Trinajstić information content (AvgIpc) is 2.03. The van der Waals surface area contributed by atoms with E-state index in [4.69, 9.17) is 0 Å². The second-order valence-electron chi connectivity index (χ2n) is 4.81. The number of hydrogen-bond acceptors (Lipinski definition) is 2. The Kier molecular flexibility index (Phi) is 3.13. The van der Waals surface area contributed by atoms with E-state index >= 15 is 0 Å². The molecule has 0 aromatic heterocycles. The third kappa shape index (κ3) is 2.46. The second kappa shape index (κ2) is 3.75. The van der Waals surface area contributed by atoms with Crippen LogP contribution in [0.5, 0.6) is 0 Å². The Morgan fingerprint density at radius 3 is 2.00 bits per heavy atom. The largest absolute Gasteiger partial charge is 0.313 e. The fourth-order valence-electron chi connectivity index (χ4n) is 1.87. The highest BCUT2D eigenvalue weighted by Gasteiger charge is 2.28. The van der Waals surface area contributed by atoms with Crippen LogP contribution in [-0.4, -0.2) is 21.9 Å². The smallest absolute Gasteiger partial charge is 0.0379 e. The molecule has 0 heterocycles. The van der Waals surface area contributed by atoms with Crippen LogP contribution < -0.4 is 0 Å². The molecule has 1 saturated carbocycles. The SMILES string of the molecule is CC(C)(C)N(O)C1CCCCC1. The molecule has 0 atom stereocenters. The summed E-state index contributed by atoms with van der Waals surface area (Å²) in [5, 5.41) is 11.4. The summed E-state index contributed by atoms with van der Waals surface area (Å²) in [7, 11) is 0. The highest BCUT2D eigenvalue weighted by molar-refractivity contribution is 4.78. The first-order valence-electron chi connectivity index (χ1n) is 5.00. The van der Waals surface area contributed by atoms with Crippen LogP contribution in [0.15, 0.2) is 0 Å². The molecular formula is C10H21NO. The minimum atomic E-state index is -0.0952. The summed E-state index contributed by atoms with van der Waals surface area (Å²) in [6.45, 7) is 6.17. The Balaban J connectivity index is 2.45. The summed E-state index contributed by atoms with van der Waals surface area (Å²) in [5.41, 5.74) is -0.0952. The fourth-order valence-corrected chi connectivity index (χ4v) is 1.87. The predicted molar refractivity (Wildman–Crippen MR) is 50.3 cm³/mol. The van der Waals surface area contributed by atoms with E-state index in [1.807, 2.05) is 0 Å². The van der Waals surface area contributed by atoms with E-state index in [0.717, 1.165) is 12.8 Å². The van der Waals surface area contributed by atoms with Gasteiger partial charge in [0.05, 0.1) is 0 Å². The molecule has 2 heteroatoms. The topological polar surface area (TPSA) is 23.5 Å². The fraction of sp³-hybridized carbons (Fsp3) is 1.00. The third-order valence-electron chi connectivity index (χ3n) is 2.61. The van der Waals surface area contributed by atoms with Crippen molar-refractivity contribution in [1.29, 1.82) is 0 Å². The van der Waals surface area contributed by atoms with Crippen molar-refractivity contribution < 1.29 is 5.21 Å². The normalized spacial score (nSPS) is 21.8. The van der Waals surface area contributed by atoms with Crippen molar-refractivity contribution in [2.45, 2.75) is 64.5 Å². The van der Waals surface area contributed by atoms with Crippen molar-refractivity contribution >= 4 is 0 Å². The summed E-state index contributed by atoms with van der Waals surface area (Å²) >= 11 is 0. The summed E-state index contributed by atoms with van der Waals surface area (Å²) in [6.07, 6.45) is 6.21. The average molecular weight is 171 g/mol. The molecule has 0 aliphatic heterocycles. The van der Waals surface area contributed by atoms with Crippen molar-refractivity contribution in [2.75, 3.05) is 0 Å². The summed E-state index contributed by atoms with van der Waals surface area (Å²) < 4.78 is 0. The Hall–Kier alpha value is -0.0800. The van der Waals surface area contributed by atoms with Gasteiger partial charge in [-0.1, -0.05) is 19.3 Å². The van der Waals surface area contributed by atoms with Gasteiger partial charge < -0.3 is 5.21 Å². The number of hydrogen-bond donors (Lipinski definition) is 1. The molecule has 0 radical (unpaired) electrons. The molecule has 0 bridgehead atoms. The highest BCUT2D eigenvalue weighted by atomic mass is 16.5. The minimum absolute atomic E-state index is 0.0952. The molecule has 1 aliphatic rings. The molecule has 0 saturated heterocycles. The first-order valence-corrected chi connectivity index (χ1v) is 5.00. The van der Waals surface area contributed by atoms with Crippen LogP contribution in [0.2, 0.25) is 0 Å². The molecule has 1 fully saturated rings. The van der Waals surface area contributed by atoms with Crippen LogP contribution in [0, 0.1) is 0 Å². The van der Waals surface area contributed by atoms with E-state index in [9.17, 15) is 5.21 Å². The van der Waals surface area contributed by atoms with E-state index in [1.54, 1.807) is 5.06 Å². The Labute approximate surface area is 75.5 Å². The lowest BCUT2D eigenvalue weighted by molar-refractivity contribution is -0.193. The lowest BCUT2D eigenvalue weighted by Crippen LogP contribution is -2.46. The molecule has 72 valence electrons. The van der Waals surface area contributed by atoms with Gasteiger partial charge >= 0.3 is 0 Å². The van der Waals surface area contributed by atoms with Gasteiger partial charge in [-0.2, -0.15) is 5.06 Å². The molecule has 1 N–H and O–H groups in total. The van der Waals surface area contributed by atoms with Crippen molar-refractivity contribution in [3.8, 4) is 0 Å². The Morgan fingerprint density at radius 2 is 1.58 bits per heavy atom. The lowest BCUT2D eigenvalue weighted by atomic mass is 9.93. The van der Waals surface area contributed by atoms with Crippen LogP contribution in [0.1, 0.15) is 52.9 Å². The molecule has 0 spiro atoms. The molecular weight excluding hydrogens is 150 g/mol. The van der Waals surface area contributed by atoms with Crippen molar-refractivity contribution in [3.63, 3.8) is 0 Å². The molecule has 0 amide bonds. The van der Waals surface area contributed by atoms with Crippen molar-refractivity contribution in [3.05, 3.63) is 0 Å². The van der Waals surface area contributed by atoms with Gasteiger partial charge in [0, 0.05) is 11.6 Å². The molecule has 1 aliphatic carbocycles. The van der Waals surface area contributed by atoms with Crippen LogP contribution in [0.3, 0.4) is 0 Å². The predicted octanol–water partition coefficient (Wildman–Crippen LogP) is 2.81.